The van der Waals surface area contributed by atoms with E-state index in [0.717, 1.165) is 12.0 Å². The zero-order valence-electron chi connectivity index (χ0n) is 14.1. The van der Waals surface area contributed by atoms with E-state index in [0.29, 0.717) is 12.3 Å². The lowest BCUT2D eigenvalue weighted by Crippen LogP contribution is -2.54. The Hall–Kier alpha value is -2.35. The molecule has 134 valence electrons. The first kappa shape index (κ1) is 17.5. The van der Waals surface area contributed by atoms with Crippen molar-refractivity contribution in [2.75, 3.05) is 6.54 Å². The molecule has 0 saturated carbocycles. The molecule has 1 amide bonds. The van der Waals surface area contributed by atoms with E-state index in [9.17, 15) is 18.3 Å². The Morgan fingerprint density at radius 3 is 2.56 bits per heavy atom. The minimum absolute atomic E-state index is 0.124. The highest BCUT2D eigenvalue weighted by atomic mass is 32.2. The maximum absolute atomic E-state index is 12.3. The van der Waals surface area contributed by atoms with Gasteiger partial charge in [-0.15, -0.1) is 0 Å². The van der Waals surface area contributed by atoms with Crippen molar-refractivity contribution in [2.45, 2.75) is 31.2 Å². The topological polar surface area (TPSA) is 99.1 Å². The van der Waals surface area contributed by atoms with Crippen LogP contribution in [0.15, 0.2) is 46.4 Å². The molecule has 1 aliphatic carbocycles. The number of hydrogen-bond acceptors (Lipinski definition) is 4. The molecule has 2 heterocycles. The fourth-order valence-electron chi connectivity index (χ4n) is 3.39. The summed E-state index contributed by atoms with van der Waals surface area (Å²) in [4.78, 5) is 15.2. The number of sulfonamides is 1. The van der Waals surface area contributed by atoms with Crippen molar-refractivity contribution >= 4 is 21.8 Å². The standard InChI is InChI=1S/C17H21N3O4S/c1-11-3-6-14(7-4-11)25(23,24)19-18-12(2)15-9-13-5-8-16(15)20(10-13)17(21)22/h3-8,13,15-16,19H,9-10H2,1-2H3,(H,21,22). The molecule has 2 bridgehead atoms. The van der Waals surface area contributed by atoms with Gasteiger partial charge in [-0.1, -0.05) is 29.8 Å². The maximum Gasteiger partial charge on any atom is 0.407 e. The second-order valence-corrected chi connectivity index (χ2v) is 8.23. The summed E-state index contributed by atoms with van der Waals surface area (Å²) in [5.74, 6) is 0.0190. The van der Waals surface area contributed by atoms with Gasteiger partial charge in [-0.25, -0.2) is 9.63 Å². The number of carbonyl (C=O) groups is 1. The fraction of sp³-hybridized carbons (Fsp3) is 0.412. The van der Waals surface area contributed by atoms with E-state index in [2.05, 4.69) is 9.93 Å². The van der Waals surface area contributed by atoms with Crippen LogP contribution in [0.5, 0.6) is 0 Å². The second-order valence-electron chi connectivity index (χ2n) is 6.57. The monoisotopic (exact) mass is 363 g/mol. The van der Waals surface area contributed by atoms with Crippen molar-refractivity contribution in [3.8, 4) is 0 Å². The van der Waals surface area contributed by atoms with Crippen LogP contribution in [0, 0.1) is 18.8 Å². The third-order valence-corrected chi connectivity index (χ3v) is 6.02. The summed E-state index contributed by atoms with van der Waals surface area (Å²) in [7, 11) is -3.74. The lowest BCUT2D eigenvalue weighted by molar-refractivity contribution is 0.0893. The van der Waals surface area contributed by atoms with Crippen LogP contribution in [-0.4, -0.2) is 42.8 Å². The summed E-state index contributed by atoms with van der Waals surface area (Å²) in [5.41, 5.74) is 1.55. The Kier molecular flexibility index (Phi) is 4.55. The van der Waals surface area contributed by atoms with Gasteiger partial charge in [0.05, 0.1) is 10.9 Å². The molecule has 2 N–H and O–H groups in total. The number of amides is 1. The highest BCUT2D eigenvalue weighted by Crippen LogP contribution is 2.35. The van der Waals surface area contributed by atoms with Crippen LogP contribution < -0.4 is 4.83 Å². The highest BCUT2D eigenvalue weighted by molar-refractivity contribution is 7.89. The van der Waals surface area contributed by atoms with Gasteiger partial charge < -0.3 is 10.0 Å². The van der Waals surface area contributed by atoms with E-state index in [1.165, 1.54) is 17.0 Å². The van der Waals surface area contributed by atoms with Gasteiger partial charge in [0, 0.05) is 18.2 Å². The van der Waals surface area contributed by atoms with Gasteiger partial charge in [0.25, 0.3) is 10.0 Å². The molecule has 4 rings (SSSR count). The third kappa shape index (κ3) is 3.53. The maximum atomic E-state index is 12.3. The number of rotatable bonds is 4. The molecule has 3 aliphatic rings. The minimum atomic E-state index is -3.74. The summed E-state index contributed by atoms with van der Waals surface area (Å²) in [6.45, 7) is 4.10. The summed E-state index contributed by atoms with van der Waals surface area (Å²) >= 11 is 0. The van der Waals surface area contributed by atoms with Gasteiger partial charge in [0.2, 0.25) is 0 Å². The number of nitrogens with one attached hydrogen (secondary N) is 1. The Morgan fingerprint density at radius 1 is 1.28 bits per heavy atom. The zero-order chi connectivity index (χ0) is 18.2. The molecule has 1 fully saturated rings. The predicted molar refractivity (Wildman–Crippen MR) is 93.9 cm³/mol. The van der Waals surface area contributed by atoms with Crippen LogP contribution >= 0.6 is 0 Å². The van der Waals surface area contributed by atoms with Crippen LogP contribution in [-0.2, 0) is 10.0 Å². The van der Waals surface area contributed by atoms with Crippen molar-refractivity contribution in [1.82, 2.24) is 9.73 Å². The van der Waals surface area contributed by atoms with Gasteiger partial charge in [0.15, 0.2) is 0 Å². The molecule has 0 aromatic heterocycles. The smallest absolute Gasteiger partial charge is 0.407 e. The number of carboxylic acid groups (broad SMARTS) is 1. The lowest BCUT2D eigenvalue weighted by Gasteiger charge is -2.44. The summed E-state index contributed by atoms with van der Waals surface area (Å²) in [6, 6.07) is 6.21. The molecule has 1 aromatic carbocycles. The molecule has 2 aliphatic heterocycles. The number of fused-ring (bicyclic) bond motifs is 2. The highest BCUT2D eigenvalue weighted by Gasteiger charge is 2.41. The van der Waals surface area contributed by atoms with Crippen LogP contribution in [0.3, 0.4) is 0 Å². The molecule has 0 radical (unpaired) electrons. The number of hydrogen-bond donors (Lipinski definition) is 2. The van der Waals surface area contributed by atoms with Crippen molar-refractivity contribution in [1.29, 1.82) is 0 Å². The number of hydrazone groups is 1. The molecule has 1 aromatic rings. The van der Waals surface area contributed by atoms with Gasteiger partial charge >= 0.3 is 6.09 Å². The van der Waals surface area contributed by atoms with Gasteiger partial charge in [-0.05, 0) is 38.3 Å². The normalized spacial score (nSPS) is 25.9. The number of benzene rings is 1. The summed E-state index contributed by atoms with van der Waals surface area (Å²) < 4.78 is 24.7. The predicted octanol–water partition coefficient (Wildman–Crippen LogP) is 2.20. The average Bonchev–Trinajstić information content (AvgIpc) is 2.60. The van der Waals surface area contributed by atoms with E-state index < -0.39 is 16.1 Å². The lowest BCUT2D eigenvalue weighted by atomic mass is 9.76. The molecule has 1 saturated heterocycles. The van der Waals surface area contributed by atoms with Crippen molar-refractivity contribution in [3.05, 3.63) is 42.0 Å². The molecular weight excluding hydrogens is 342 g/mol. The number of piperidine rings is 1. The Labute approximate surface area is 147 Å². The minimum Gasteiger partial charge on any atom is -0.465 e. The summed E-state index contributed by atoms with van der Waals surface area (Å²) in [5, 5.41) is 13.4. The van der Waals surface area contributed by atoms with Gasteiger partial charge in [-0.2, -0.15) is 13.5 Å². The quantitative estimate of drug-likeness (QED) is 0.487. The van der Waals surface area contributed by atoms with E-state index in [1.54, 1.807) is 19.1 Å². The Balaban J connectivity index is 1.77. The number of nitrogens with zero attached hydrogens (tertiary/aromatic N) is 2. The first-order chi connectivity index (χ1) is 11.8. The molecule has 7 nitrogen and oxygen atoms in total. The first-order valence-electron chi connectivity index (χ1n) is 8.08. The number of aryl methyl sites for hydroxylation is 1. The molecule has 8 heteroatoms. The van der Waals surface area contributed by atoms with Crippen LogP contribution in [0.1, 0.15) is 18.9 Å². The molecule has 3 atom stereocenters. The van der Waals surface area contributed by atoms with E-state index >= 15 is 0 Å². The van der Waals surface area contributed by atoms with Crippen molar-refractivity contribution < 1.29 is 18.3 Å². The largest absolute Gasteiger partial charge is 0.465 e. The Bertz CT molecular complexity index is 830. The SMILES string of the molecule is CC(=NNS(=O)(=O)c1ccc(C)cc1)C1CC2C=CC1N(C(=O)O)C2. The summed E-state index contributed by atoms with van der Waals surface area (Å²) in [6.07, 6.45) is 3.72. The van der Waals surface area contributed by atoms with Crippen LogP contribution in [0.4, 0.5) is 4.79 Å². The fourth-order valence-corrected chi connectivity index (χ4v) is 4.25. The average molecular weight is 363 g/mol. The van der Waals surface area contributed by atoms with Crippen LogP contribution in [0.2, 0.25) is 0 Å². The first-order valence-corrected chi connectivity index (χ1v) is 9.57. The van der Waals surface area contributed by atoms with E-state index in [1.807, 2.05) is 19.1 Å². The van der Waals surface area contributed by atoms with Gasteiger partial charge in [-0.3, -0.25) is 0 Å². The van der Waals surface area contributed by atoms with Gasteiger partial charge in [0.1, 0.15) is 0 Å². The Morgan fingerprint density at radius 2 is 1.96 bits per heavy atom. The zero-order valence-corrected chi connectivity index (χ0v) is 14.9. The molecule has 0 spiro atoms. The molecule has 3 unspecified atom stereocenters. The third-order valence-electron chi connectivity index (χ3n) is 4.80. The second kappa shape index (κ2) is 6.51. The van der Waals surface area contributed by atoms with E-state index in [-0.39, 0.29) is 22.8 Å². The van der Waals surface area contributed by atoms with E-state index in [4.69, 9.17) is 0 Å². The molecule has 25 heavy (non-hydrogen) atoms. The molecular formula is C17H21N3O4S. The van der Waals surface area contributed by atoms with Crippen molar-refractivity contribution in [3.63, 3.8) is 0 Å². The van der Waals surface area contributed by atoms with Crippen molar-refractivity contribution in [2.24, 2.45) is 16.9 Å². The van der Waals surface area contributed by atoms with Crippen LogP contribution in [0.25, 0.3) is 0 Å².